The van der Waals surface area contributed by atoms with Crippen LogP contribution in [0.5, 0.6) is 5.75 Å². The highest BCUT2D eigenvalue weighted by Crippen LogP contribution is 2.33. The van der Waals surface area contributed by atoms with E-state index < -0.39 is 17.6 Å². The van der Waals surface area contributed by atoms with Crippen LogP contribution in [0, 0.1) is 0 Å². The number of alkyl halides is 3. The number of nitrogens with one attached hydrogen (secondary N) is 1. The molecule has 3 aromatic rings. The van der Waals surface area contributed by atoms with E-state index in [0.29, 0.717) is 19.5 Å². The van der Waals surface area contributed by atoms with E-state index in [1.165, 1.54) is 23.4 Å². The van der Waals surface area contributed by atoms with Crippen LogP contribution in [0.1, 0.15) is 17.5 Å². The number of benzene rings is 2. The van der Waals surface area contributed by atoms with Crippen LogP contribution in [-0.4, -0.2) is 50.3 Å². The fourth-order valence-electron chi connectivity index (χ4n) is 3.53. The Morgan fingerprint density at radius 2 is 1.94 bits per heavy atom. The molecule has 1 aliphatic rings. The van der Waals surface area contributed by atoms with Crippen molar-refractivity contribution in [3.05, 3.63) is 72.3 Å². The van der Waals surface area contributed by atoms with Gasteiger partial charge in [-0.3, -0.25) is 9.69 Å². The second-order valence-corrected chi connectivity index (χ2v) is 7.38. The van der Waals surface area contributed by atoms with Gasteiger partial charge in [0.25, 0.3) is 0 Å². The zero-order valence-corrected chi connectivity index (χ0v) is 16.9. The molecule has 1 amide bonds. The molecule has 0 fully saturated rings. The third-order valence-electron chi connectivity index (χ3n) is 5.16. The van der Waals surface area contributed by atoms with Crippen LogP contribution in [0.25, 0.3) is 11.3 Å². The average Bonchev–Trinajstić information content (AvgIpc) is 3.29. The number of aromatic hydroxyl groups is 1. The summed E-state index contributed by atoms with van der Waals surface area (Å²) in [7, 11) is 0. The van der Waals surface area contributed by atoms with E-state index in [-0.39, 0.29) is 23.7 Å². The lowest BCUT2D eigenvalue weighted by Crippen LogP contribution is -2.36. The summed E-state index contributed by atoms with van der Waals surface area (Å²) < 4.78 is 40.8. The van der Waals surface area contributed by atoms with Crippen LogP contribution in [-0.2, 0) is 11.0 Å². The van der Waals surface area contributed by atoms with Gasteiger partial charge >= 0.3 is 6.18 Å². The lowest BCUT2D eigenvalue weighted by Gasteiger charge is -2.26. The van der Waals surface area contributed by atoms with Crippen molar-refractivity contribution in [2.45, 2.75) is 12.6 Å². The minimum absolute atomic E-state index is 0.00709. The first kappa shape index (κ1) is 21.6. The number of amides is 1. The van der Waals surface area contributed by atoms with Crippen molar-refractivity contribution in [2.24, 2.45) is 0 Å². The predicted molar refractivity (Wildman–Crippen MR) is 112 cm³/mol. The van der Waals surface area contributed by atoms with Crippen molar-refractivity contribution in [1.82, 2.24) is 19.7 Å². The Bertz CT molecular complexity index is 1130. The minimum Gasteiger partial charge on any atom is -0.508 e. The maximum absolute atomic E-state index is 13.2. The van der Waals surface area contributed by atoms with Crippen LogP contribution in [0.4, 0.5) is 18.9 Å². The number of phenols is 1. The Labute approximate surface area is 181 Å². The van der Waals surface area contributed by atoms with E-state index in [1.54, 1.807) is 12.1 Å². The Balaban J connectivity index is 1.45. The van der Waals surface area contributed by atoms with Gasteiger partial charge in [-0.2, -0.15) is 18.3 Å². The van der Waals surface area contributed by atoms with Gasteiger partial charge in [-0.1, -0.05) is 18.2 Å². The summed E-state index contributed by atoms with van der Waals surface area (Å²) >= 11 is 0. The fourth-order valence-corrected chi connectivity index (χ4v) is 3.53. The van der Waals surface area contributed by atoms with Gasteiger partial charge in [0.05, 0.1) is 23.5 Å². The first-order chi connectivity index (χ1) is 15.3. The molecule has 7 nitrogen and oxygen atoms in total. The Kier molecular flexibility index (Phi) is 5.95. The molecule has 10 heteroatoms. The third-order valence-corrected chi connectivity index (χ3v) is 5.16. The molecule has 0 bridgehead atoms. The molecule has 2 N–H and O–H groups in total. The monoisotopic (exact) mass is 443 g/mol. The third kappa shape index (κ3) is 4.97. The molecule has 1 aromatic heterocycles. The summed E-state index contributed by atoms with van der Waals surface area (Å²) in [5, 5.41) is 15.9. The second-order valence-electron chi connectivity index (χ2n) is 7.38. The quantitative estimate of drug-likeness (QED) is 0.628. The molecule has 0 saturated carbocycles. The van der Waals surface area contributed by atoms with Gasteiger partial charge in [0.1, 0.15) is 18.4 Å². The number of halogens is 3. The standard InChI is InChI=1S/C22H20F3N5O2/c23-22(24,25)17-3-6-20(30-14-26-13-27-30)19(11-17)28-21(32)12-29-9-7-16(8-10-29)15-1-4-18(31)5-2-15/h1-7,11,13-14,31H,8-10,12H2,(H,28,32). The maximum Gasteiger partial charge on any atom is 0.416 e. The largest absolute Gasteiger partial charge is 0.508 e. The van der Waals surface area contributed by atoms with Crippen molar-refractivity contribution in [1.29, 1.82) is 0 Å². The van der Waals surface area contributed by atoms with Crippen LogP contribution >= 0.6 is 0 Å². The summed E-state index contributed by atoms with van der Waals surface area (Å²) in [5.74, 6) is -0.226. The molecule has 0 spiro atoms. The van der Waals surface area contributed by atoms with Crippen LogP contribution in [0.2, 0.25) is 0 Å². The highest BCUT2D eigenvalue weighted by Gasteiger charge is 2.31. The number of nitrogens with zero attached hydrogens (tertiary/aromatic N) is 4. The number of phenolic OH excluding ortho intramolecular Hbond substituents is 1. The first-order valence-corrected chi connectivity index (χ1v) is 9.86. The van der Waals surface area contributed by atoms with E-state index in [4.69, 9.17) is 0 Å². The van der Waals surface area contributed by atoms with Gasteiger partial charge in [0.15, 0.2) is 0 Å². The van der Waals surface area contributed by atoms with Gasteiger partial charge in [-0.25, -0.2) is 9.67 Å². The van der Waals surface area contributed by atoms with Crippen LogP contribution < -0.4 is 5.32 Å². The fraction of sp³-hybridized carbons (Fsp3) is 0.227. The minimum atomic E-state index is -4.54. The molecule has 2 heterocycles. The van der Waals surface area contributed by atoms with Gasteiger partial charge in [-0.15, -0.1) is 0 Å². The SMILES string of the molecule is O=C(CN1CC=C(c2ccc(O)cc2)CC1)Nc1cc(C(F)(F)F)ccc1-n1cncn1. The van der Waals surface area contributed by atoms with Crippen LogP contribution in [0.15, 0.2) is 61.2 Å². The van der Waals surface area contributed by atoms with E-state index >= 15 is 0 Å². The van der Waals surface area contributed by atoms with Crippen molar-refractivity contribution in [3.63, 3.8) is 0 Å². The van der Waals surface area contributed by atoms with E-state index in [2.05, 4.69) is 15.4 Å². The number of carbonyl (C=O) groups excluding carboxylic acids is 1. The summed E-state index contributed by atoms with van der Waals surface area (Å²) in [6.07, 6.45) is 0.788. The Hall–Kier alpha value is -3.66. The highest BCUT2D eigenvalue weighted by molar-refractivity contribution is 5.94. The van der Waals surface area contributed by atoms with Gasteiger partial charge in [-0.05, 0) is 47.9 Å². The molecule has 0 atom stereocenters. The number of carbonyl (C=O) groups is 1. The van der Waals surface area contributed by atoms with Crippen molar-refractivity contribution >= 4 is 17.2 Å². The molecule has 0 radical (unpaired) electrons. The van der Waals surface area contributed by atoms with Gasteiger partial charge in [0.2, 0.25) is 5.91 Å². The summed E-state index contributed by atoms with van der Waals surface area (Å²) in [5.41, 5.74) is 1.56. The average molecular weight is 443 g/mol. The van der Waals surface area contributed by atoms with E-state index in [9.17, 15) is 23.1 Å². The maximum atomic E-state index is 13.2. The predicted octanol–water partition coefficient (Wildman–Crippen LogP) is 3.72. The van der Waals surface area contributed by atoms with E-state index in [0.717, 1.165) is 23.3 Å². The second kappa shape index (κ2) is 8.83. The number of aromatic nitrogens is 3. The first-order valence-electron chi connectivity index (χ1n) is 9.86. The number of hydrogen-bond donors (Lipinski definition) is 2. The molecular weight excluding hydrogens is 423 g/mol. The lowest BCUT2D eigenvalue weighted by atomic mass is 9.99. The molecule has 32 heavy (non-hydrogen) atoms. The normalized spacial score (nSPS) is 14.8. The summed E-state index contributed by atoms with van der Waals surface area (Å²) in [6.45, 7) is 1.19. The number of anilines is 1. The molecule has 0 aliphatic carbocycles. The smallest absolute Gasteiger partial charge is 0.416 e. The molecule has 4 rings (SSSR count). The number of rotatable bonds is 5. The molecule has 0 saturated heterocycles. The molecule has 2 aromatic carbocycles. The highest BCUT2D eigenvalue weighted by atomic mass is 19.4. The Morgan fingerprint density at radius 3 is 2.56 bits per heavy atom. The number of hydrogen-bond acceptors (Lipinski definition) is 5. The summed E-state index contributed by atoms with van der Waals surface area (Å²) in [4.78, 5) is 18.3. The molecule has 1 aliphatic heterocycles. The molecule has 0 unspecified atom stereocenters. The molecular formula is C22H20F3N5O2. The topological polar surface area (TPSA) is 83.3 Å². The van der Waals surface area contributed by atoms with Crippen molar-refractivity contribution in [2.75, 3.05) is 25.0 Å². The zero-order valence-electron chi connectivity index (χ0n) is 16.9. The zero-order chi connectivity index (χ0) is 22.7. The van der Waals surface area contributed by atoms with Gasteiger partial charge < -0.3 is 10.4 Å². The lowest BCUT2D eigenvalue weighted by molar-refractivity contribution is -0.137. The van der Waals surface area contributed by atoms with Crippen molar-refractivity contribution in [3.8, 4) is 11.4 Å². The molecule has 166 valence electrons. The van der Waals surface area contributed by atoms with E-state index in [1.807, 2.05) is 23.1 Å². The Morgan fingerprint density at radius 1 is 1.16 bits per heavy atom. The van der Waals surface area contributed by atoms with Gasteiger partial charge in [0, 0.05) is 13.1 Å². The van der Waals surface area contributed by atoms with Crippen molar-refractivity contribution < 1.29 is 23.1 Å². The summed E-state index contributed by atoms with van der Waals surface area (Å²) in [6, 6.07) is 10.0. The van der Waals surface area contributed by atoms with Crippen LogP contribution in [0.3, 0.4) is 0 Å².